The van der Waals surface area contributed by atoms with Crippen molar-refractivity contribution in [1.82, 2.24) is 15.0 Å². The Balaban J connectivity index is 0.950. The molecular weight excluding hydrogens is 825 g/mol. The average molecular weight is 867 g/mol. The Labute approximate surface area is 396 Å². The molecular formula is C64H42N4. The van der Waals surface area contributed by atoms with Gasteiger partial charge in [0.25, 0.3) is 0 Å². The summed E-state index contributed by atoms with van der Waals surface area (Å²) in [5, 5.41) is 0. The molecule has 2 aliphatic rings. The number of para-hydroxylation sites is 3. The van der Waals surface area contributed by atoms with Crippen molar-refractivity contribution in [3.05, 3.63) is 277 Å². The molecule has 0 N–H and O–H groups in total. The van der Waals surface area contributed by atoms with E-state index in [0.717, 1.165) is 44.6 Å². The first kappa shape index (κ1) is 39.4. The molecule has 4 nitrogen and oxygen atoms in total. The van der Waals surface area contributed by atoms with Crippen molar-refractivity contribution in [2.45, 2.75) is 5.41 Å². The maximum atomic E-state index is 5.21. The summed E-state index contributed by atoms with van der Waals surface area (Å²) in [4.78, 5) is 18.0. The summed E-state index contributed by atoms with van der Waals surface area (Å²) in [5.74, 6) is 1.87. The third-order valence-corrected chi connectivity index (χ3v) is 13.7. The lowest BCUT2D eigenvalue weighted by molar-refractivity contribution is 0.753. The number of benzene rings is 10. The number of hydrogen-bond donors (Lipinski definition) is 0. The van der Waals surface area contributed by atoms with Gasteiger partial charge in [0.15, 0.2) is 17.5 Å². The second-order valence-corrected chi connectivity index (χ2v) is 17.5. The van der Waals surface area contributed by atoms with E-state index in [1.165, 1.54) is 55.9 Å². The summed E-state index contributed by atoms with van der Waals surface area (Å²) in [6, 6.07) is 91.3. The van der Waals surface area contributed by atoms with E-state index in [9.17, 15) is 0 Å². The Morgan fingerprint density at radius 1 is 0.250 bits per heavy atom. The highest BCUT2D eigenvalue weighted by Gasteiger charge is 2.51. The normalized spacial score (nSPS) is 12.8. The molecule has 0 bridgehead atoms. The van der Waals surface area contributed by atoms with Gasteiger partial charge in [-0.25, -0.2) is 15.0 Å². The molecule has 0 fully saturated rings. The van der Waals surface area contributed by atoms with Crippen molar-refractivity contribution in [3.8, 4) is 78.7 Å². The molecule has 0 saturated carbocycles. The first-order chi connectivity index (χ1) is 33.7. The first-order valence-electron chi connectivity index (χ1n) is 23.2. The van der Waals surface area contributed by atoms with E-state index >= 15 is 0 Å². The Morgan fingerprint density at radius 2 is 0.632 bits per heavy atom. The number of nitrogens with zero attached hydrogens (tertiary/aromatic N) is 4. The highest BCUT2D eigenvalue weighted by atomic mass is 15.2. The Bertz CT molecular complexity index is 3510. The van der Waals surface area contributed by atoms with Crippen molar-refractivity contribution < 1.29 is 0 Å². The topological polar surface area (TPSA) is 41.9 Å². The second-order valence-electron chi connectivity index (χ2n) is 17.5. The van der Waals surface area contributed by atoms with Gasteiger partial charge >= 0.3 is 0 Å². The number of anilines is 3. The van der Waals surface area contributed by atoms with E-state index in [1.54, 1.807) is 0 Å². The van der Waals surface area contributed by atoms with Crippen molar-refractivity contribution >= 4 is 17.1 Å². The van der Waals surface area contributed by atoms with E-state index in [2.05, 4.69) is 248 Å². The Kier molecular flexibility index (Phi) is 9.36. The lowest BCUT2D eigenvalue weighted by atomic mass is 9.64. The summed E-state index contributed by atoms with van der Waals surface area (Å²) >= 11 is 0. The van der Waals surface area contributed by atoms with Gasteiger partial charge in [-0.1, -0.05) is 218 Å². The van der Waals surface area contributed by atoms with Gasteiger partial charge in [0.2, 0.25) is 0 Å². The van der Waals surface area contributed by atoms with Crippen LogP contribution in [0.15, 0.2) is 255 Å². The Morgan fingerprint density at radius 3 is 1.21 bits per heavy atom. The molecule has 1 spiro atoms. The van der Waals surface area contributed by atoms with Crippen LogP contribution in [-0.4, -0.2) is 15.0 Å². The fourth-order valence-electron chi connectivity index (χ4n) is 10.6. The second kappa shape index (κ2) is 16.2. The maximum absolute atomic E-state index is 5.21. The number of fused-ring (bicyclic) bond motifs is 9. The smallest absolute Gasteiger partial charge is 0.164 e. The summed E-state index contributed by atoms with van der Waals surface area (Å²) in [5.41, 5.74) is 20.1. The molecule has 2 heterocycles. The van der Waals surface area contributed by atoms with Gasteiger partial charge in [0, 0.05) is 22.4 Å². The third kappa shape index (κ3) is 6.41. The molecule has 10 aromatic carbocycles. The van der Waals surface area contributed by atoms with Crippen LogP contribution in [0.25, 0.3) is 78.7 Å². The number of rotatable bonds is 7. The van der Waals surface area contributed by atoms with Crippen LogP contribution in [0.1, 0.15) is 22.3 Å². The maximum Gasteiger partial charge on any atom is 0.164 e. The zero-order valence-electron chi connectivity index (χ0n) is 37.0. The van der Waals surface area contributed by atoms with Crippen molar-refractivity contribution in [2.75, 3.05) is 4.90 Å². The van der Waals surface area contributed by atoms with Gasteiger partial charge < -0.3 is 4.90 Å². The minimum absolute atomic E-state index is 0.553. The van der Waals surface area contributed by atoms with Crippen LogP contribution in [0.2, 0.25) is 0 Å². The summed E-state index contributed by atoms with van der Waals surface area (Å²) in [6.45, 7) is 0. The summed E-state index contributed by atoms with van der Waals surface area (Å²) < 4.78 is 0. The molecule has 11 aromatic rings. The van der Waals surface area contributed by atoms with Gasteiger partial charge in [-0.2, -0.15) is 0 Å². The monoisotopic (exact) mass is 866 g/mol. The summed E-state index contributed by atoms with van der Waals surface area (Å²) in [7, 11) is 0. The number of hydrogen-bond acceptors (Lipinski definition) is 4. The molecule has 1 aliphatic carbocycles. The van der Waals surface area contributed by atoms with E-state index in [0.29, 0.717) is 17.5 Å². The molecule has 0 saturated heterocycles. The fourth-order valence-corrected chi connectivity index (χ4v) is 10.6. The van der Waals surface area contributed by atoms with Gasteiger partial charge in [0.1, 0.15) is 0 Å². The standard InChI is InChI=1S/C64H42N4/c1-4-17-43(18-5-1)45-31-35-47(36-32-45)61-65-62(48-37-33-46(34-38-48)44-19-6-2-7-20-44)67-63(66-61)51-22-16-21-49(41-51)50-39-40-54-53-25-10-11-26-55(53)64(58(54)42-50)56-27-12-14-29-59(56)68(52-23-8-3-9-24-52)60-30-15-13-28-57(60)64/h1-42H. The third-order valence-electron chi connectivity index (χ3n) is 13.7. The molecule has 13 rings (SSSR count). The molecule has 0 amide bonds. The summed E-state index contributed by atoms with van der Waals surface area (Å²) in [6.07, 6.45) is 0. The predicted octanol–water partition coefficient (Wildman–Crippen LogP) is 16.0. The Hall–Kier alpha value is -8.99. The van der Waals surface area contributed by atoms with E-state index in [4.69, 9.17) is 15.0 Å². The lowest BCUT2D eigenvalue weighted by Crippen LogP contribution is -2.36. The minimum atomic E-state index is -0.553. The quantitative estimate of drug-likeness (QED) is 0.160. The van der Waals surface area contributed by atoms with Gasteiger partial charge in [-0.15, -0.1) is 0 Å². The first-order valence-corrected chi connectivity index (χ1v) is 23.2. The average Bonchev–Trinajstić information content (AvgIpc) is 3.71. The predicted molar refractivity (Wildman–Crippen MR) is 278 cm³/mol. The lowest BCUT2D eigenvalue weighted by Gasteiger charge is -2.45. The molecule has 0 unspecified atom stereocenters. The minimum Gasteiger partial charge on any atom is -0.310 e. The van der Waals surface area contributed by atoms with Crippen LogP contribution in [-0.2, 0) is 5.41 Å². The zero-order chi connectivity index (χ0) is 45.0. The molecule has 0 radical (unpaired) electrons. The van der Waals surface area contributed by atoms with Crippen LogP contribution >= 0.6 is 0 Å². The molecule has 0 atom stereocenters. The fraction of sp³-hybridized carbons (Fsp3) is 0.0156. The van der Waals surface area contributed by atoms with Crippen LogP contribution in [0.5, 0.6) is 0 Å². The van der Waals surface area contributed by atoms with Crippen molar-refractivity contribution in [2.24, 2.45) is 0 Å². The van der Waals surface area contributed by atoms with Crippen LogP contribution in [0.4, 0.5) is 17.1 Å². The van der Waals surface area contributed by atoms with Crippen LogP contribution < -0.4 is 4.90 Å². The molecule has 68 heavy (non-hydrogen) atoms. The van der Waals surface area contributed by atoms with Gasteiger partial charge in [-0.05, 0) is 103 Å². The van der Waals surface area contributed by atoms with Crippen molar-refractivity contribution in [1.29, 1.82) is 0 Å². The van der Waals surface area contributed by atoms with Gasteiger partial charge in [-0.3, -0.25) is 0 Å². The SMILES string of the molecule is c1ccc(-c2ccc(-c3nc(-c4ccc(-c5ccccc5)cc4)nc(-c4cccc(-c5ccc6c(c5)C5(c7ccccc7-6)c6ccccc6N(c6ccccc6)c6ccccc65)c4)n3)cc2)cc1. The molecule has 4 heteroatoms. The van der Waals surface area contributed by atoms with E-state index in [1.807, 2.05) is 12.1 Å². The van der Waals surface area contributed by atoms with E-state index in [-0.39, 0.29) is 0 Å². The van der Waals surface area contributed by atoms with Gasteiger partial charge in [0.05, 0.1) is 16.8 Å². The number of aromatic nitrogens is 3. The van der Waals surface area contributed by atoms with Crippen molar-refractivity contribution in [3.63, 3.8) is 0 Å². The molecule has 1 aromatic heterocycles. The van der Waals surface area contributed by atoms with Crippen LogP contribution in [0, 0.1) is 0 Å². The molecule has 318 valence electrons. The highest BCUT2D eigenvalue weighted by molar-refractivity contribution is 5.96. The highest BCUT2D eigenvalue weighted by Crippen LogP contribution is 2.63. The largest absolute Gasteiger partial charge is 0.310 e. The molecule has 1 aliphatic heterocycles. The van der Waals surface area contributed by atoms with Crippen LogP contribution in [0.3, 0.4) is 0 Å². The zero-order valence-corrected chi connectivity index (χ0v) is 37.0. The van der Waals surface area contributed by atoms with E-state index < -0.39 is 5.41 Å².